The predicted molar refractivity (Wildman–Crippen MR) is 59.4 cm³/mol. The average molecular weight is 200 g/mol. The van der Waals surface area contributed by atoms with Crippen LogP contribution in [0.2, 0.25) is 0 Å². The summed E-state index contributed by atoms with van der Waals surface area (Å²) in [6.45, 7) is 6.40. The third-order valence-electron chi connectivity index (χ3n) is 3.48. The van der Waals surface area contributed by atoms with E-state index in [-0.39, 0.29) is 6.10 Å². The van der Waals surface area contributed by atoms with Crippen LogP contribution in [0.25, 0.3) is 0 Å². The van der Waals surface area contributed by atoms with E-state index >= 15 is 0 Å². The van der Waals surface area contributed by atoms with Gasteiger partial charge in [0.05, 0.1) is 6.10 Å². The Hall–Kier alpha value is -0.120. The maximum absolute atomic E-state index is 9.76. The van der Waals surface area contributed by atoms with Gasteiger partial charge in [-0.2, -0.15) is 0 Å². The Balaban J connectivity index is 2.41. The largest absolute Gasteiger partial charge is 0.392 e. The second-order valence-electron chi connectivity index (χ2n) is 4.62. The van der Waals surface area contributed by atoms with Crippen molar-refractivity contribution < 1.29 is 5.11 Å². The first-order valence-corrected chi connectivity index (χ1v) is 5.64. The number of rotatable bonds is 4. The minimum absolute atomic E-state index is 0.170. The number of aliphatic hydroxyl groups is 1. The Morgan fingerprint density at radius 1 is 1.50 bits per heavy atom. The number of nitrogens with zero attached hydrogens (tertiary/aromatic N) is 2. The second-order valence-corrected chi connectivity index (χ2v) is 4.62. The molecule has 0 aromatic heterocycles. The van der Waals surface area contributed by atoms with Crippen LogP contribution in [0.1, 0.15) is 26.7 Å². The Morgan fingerprint density at radius 2 is 2.14 bits per heavy atom. The Morgan fingerprint density at radius 3 is 2.57 bits per heavy atom. The number of hydrogen-bond donors (Lipinski definition) is 1. The van der Waals surface area contributed by atoms with Crippen LogP contribution in [0.3, 0.4) is 0 Å². The van der Waals surface area contributed by atoms with Crippen molar-refractivity contribution in [2.24, 2.45) is 0 Å². The highest BCUT2D eigenvalue weighted by molar-refractivity contribution is 4.85. The van der Waals surface area contributed by atoms with E-state index in [1.807, 2.05) is 6.92 Å². The predicted octanol–water partition coefficient (Wildman–Crippen LogP) is 0.782. The minimum Gasteiger partial charge on any atom is -0.392 e. The van der Waals surface area contributed by atoms with Gasteiger partial charge in [-0.25, -0.2) is 0 Å². The second kappa shape index (κ2) is 5.10. The standard InChI is InChI=1S/C11H24N2O/c1-5-11(14)9(2)13-7-6-10(8-13)12(3)4/h9-11,14H,5-8H2,1-4H3. The highest BCUT2D eigenvalue weighted by Crippen LogP contribution is 2.18. The van der Waals surface area contributed by atoms with Crippen LogP contribution in [0.15, 0.2) is 0 Å². The van der Waals surface area contributed by atoms with E-state index in [4.69, 9.17) is 0 Å². The van der Waals surface area contributed by atoms with E-state index < -0.39 is 0 Å². The first-order chi connectivity index (χ1) is 6.56. The Kier molecular flexibility index (Phi) is 4.35. The van der Waals surface area contributed by atoms with Crippen LogP contribution in [0, 0.1) is 0 Å². The molecular formula is C11H24N2O. The van der Waals surface area contributed by atoms with Crippen molar-refractivity contribution in [3.8, 4) is 0 Å². The molecule has 0 spiro atoms. The first-order valence-electron chi connectivity index (χ1n) is 5.64. The van der Waals surface area contributed by atoms with Crippen molar-refractivity contribution in [1.82, 2.24) is 9.80 Å². The highest BCUT2D eigenvalue weighted by atomic mass is 16.3. The smallest absolute Gasteiger partial charge is 0.0690 e. The summed E-state index contributed by atoms with van der Waals surface area (Å²) < 4.78 is 0. The summed E-state index contributed by atoms with van der Waals surface area (Å²) in [5.74, 6) is 0. The fourth-order valence-electron chi connectivity index (χ4n) is 2.14. The van der Waals surface area contributed by atoms with Gasteiger partial charge in [0.2, 0.25) is 0 Å². The van der Waals surface area contributed by atoms with E-state index in [1.54, 1.807) is 0 Å². The molecule has 0 aromatic rings. The van der Waals surface area contributed by atoms with Crippen LogP contribution in [0.4, 0.5) is 0 Å². The van der Waals surface area contributed by atoms with Crippen molar-refractivity contribution in [1.29, 1.82) is 0 Å². The molecule has 3 nitrogen and oxygen atoms in total. The lowest BCUT2D eigenvalue weighted by Gasteiger charge is -2.28. The molecular weight excluding hydrogens is 176 g/mol. The molecule has 0 amide bonds. The number of likely N-dealkylation sites (N-methyl/N-ethyl adjacent to an activating group) is 1. The van der Waals surface area contributed by atoms with Crippen LogP contribution in [-0.4, -0.2) is 60.3 Å². The van der Waals surface area contributed by atoms with Crippen LogP contribution < -0.4 is 0 Å². The Bertz CT molecular complexity index is 173. The summed E-state index contributed by atoms with van der Waals surface area (Å²) in [6, 6.07) is 0.978. The zero-order valence-electron chi connectivity index (χ0n) is 9.90. The summed E-state index contributed by atoms with van der Waals surface area (Å²) in [7, 11) is 4.27. The molecule has 84 valence electrons. The lowest BCUT2D eigenvalue weighted by atomic mass is 10.1. The molecule has 0 bridgehead atoms. The third kappa shape index (κ3) is 2.69. The molecule has 0 aliphatic carbocycles. The summed E-state index contributed by atoms with van der Waals surface area (Å²) in [6.07, 6.45) is 1.91. The van der Waals surface area contributed by atoms with Gasteiger partial charge >= 0.3 is 0 Å². The van der Waals surface area contributed by atoms with Gasteiger partial charge in [-0.1, -0.05) is 6.92 Å². The summed E-state index contributed by atoms with van der Waals surface area (Å²) >= 11 is 0. The number of hydrogen-bond acceptors (Lipinski definition) is 3. The normalized spacial score (nSPS) is 28.3. The summed E-state index contributed by atoms with van der Waals surface area (Å²) in [4.78, 5) is 4.68. The molecule has 1 aliphatic rings. The molecule has 0 saturated carbocycles. The molecule has 1 heterocycles. The van der Waals surface area contributed by atoms with E-state index in [0.717, 1.165) is 19.5 Å². The molecule has 3 atom stereocenters. The lowest BCUT2D eigenvalue weighted by molar-refractivity contribution is 0.0657. The minimum atomic E-state index is -0.170. The van der Waals surface area contributed by atoms with Crippen molar-refractivity contribution >= 4 is 0 Å². The molecule has 1 fully saturated rings. The van der Waals surface area contributed by atoms with E-state index in [0.29, 0.717) is 12.1 Å². The lowest BCUT2D eigenvalue weighted by Crippen LogP contribution is -2.41. The van der Waals surface area contributed by atoms with Crippen molar-refractivity contribution in [3.05, 3.63) is 0 Å². The van der Waals surface area contributed by atoms with Crippen LogP contribution >= 0.6 is 0 Å². The molecule has 3 heteroatoms. The molecule has 0 radical (unpaired) electrons. The maximum Gasteiger partial charge on any atom is 0.0690 e. The zero-order chi connectivity index (χ0) is 10.7. The quantitative estimate of drug-likeness (QED) is 0.726. The molecule has 3 unspecified atom stereocenters. The molecule has 1 N–H and O–H groups in total. The molecule has 1 saturated heterocycles. The average Bonchev–Trinajstić information content (AvgIpc) is 2.64. The van der Waals surface area contributed by atoms with Gasteiger partial charge < -0.3 is 10.0 Å². The van der Waals surface area contributed by atoms with Gasteiger partial charge in [-0.05, 0) is 33.9 Å². The van der Waals surface area contributed by atoms with E-state index in [2.05, 4.69) is 30.8 Å². The van der Waals surface area contributed by atoms with Gasteiger partial charge in [0, 0.05) is 25.2 Å². The van der Waals surface area contributed by atoms with Gasteiger partial charge in [-0.3, -0.25) is 4.90 Å². The van der Waals surface area contributed by atoms with Gasteiger partial charge in [0.1, 0.15) is 0 Å². The van der Waals surface area contributed by atoms with E-state index in [9.17, 15) is 5.11 Å². The molecule has 14 heavy (non-hydrogen) atoms. The SMILES string of the molecule is CCC(O)C(C)N1CCC(N(C)C)C1. The fraction of sp³-hybridized carbons (Fsp3) is 1.00. The summed E-state index contributed by atoms with van der Waals surface area (Å²) in [5, 5.41) is 9.76. The zero-order valence-corrected chi connectivity index (χ0v) is 9.90. The van der Waals surface area contributed by atoms with Crippen LogP contribution in [-0.2, 0) is 0 Å². The monoisotopic (exact) mass is 200 g/mol. The van der Waals surface area contributed by atoms with Gasteiger partial charge in [0.15, 0.2) is 0 Å². The highest BCUT2D eigenvalue weighted by Gasteiger charge is 2.29. The molecule has 1 aliphatic heterocycles. The van der Waals surface area contributed by atoms with Gasteiger partial charge in [-0.15, -0.1) is 0 Å². The maximum atomic E-state index is 9.76. The first kappa shape index (κ1) is 12.0. The van der Waals surface area contributed by atoms with Gasteiger partial charge in [0.25, 0.3) is 0 Å². The number of likely N-dealkylation sites (tertiary alicyclic amines) is 1. The summed E-state index contributed by atoms with van der Waals surface area (Å²) in [5.41, 5.74) is 0. The molecule has 1 rings (SSSR count). The van der Waals surface area contributed by atoms with Crippen molar-refractivity contribution in [2.75, 3.05) is 27.2 Å². The number of aliphatic hydroxyl groups excluding tert-OH is 1. The third-order valence-corrected chi connectivity index (χ3v) is 3.48. The van der Waals surface area contributed by atoms with E-state index in [1.165, 1.54) is 6.42 Å². The van der Waals surface area contributed by atoms with Crippen LogP contribution in [0.5, 0.6) is 0 Å². The van der Waals surface area contributed by atoms with Crippen molar-refractivity contribution in [2.45, 2.75) is 44.9 Å². The topological polar surface area (TPSA) is 26.7 Å². The molecule has 0 aromatic carbocycles. The fourth-order valence-corrected chi connectivity index (χ4v) is 2.14. The van der Waals surface area contributed by atoms with Crippen molar-refractivity contribution in [3.63, 3.8) is 0 Å². The Labute approximate surface area is 87.7 Å².